The van der Waals surface area contributed by atoms with E-state index in [1.165, 1.54) is 11.6 Å². The van der Waals surface area contributed by atoms with Gasteiger partial charge in [0.05, 0.1) is 8.07 Å². The number of rotatable bonds is 3. The third kappa shape index (κ3) is 2.76. The van der Waals surface area contributed by atoms with Crippen LogP contribution >= 0.6 is 0 Å². The van der Waals surface area contributed by atoms with Crippen LogP contribution in [0, 0.1) is 5.41 Å². The standard InChI is InChI=1S/C18H26Si/c1-6-19(5,16-10-8-7-9-11-16)17-13-12-15(14-17)18(2,3)4/h7-14,17H,6H2,1-5H3. The van der Waals surface area contributed by atoms with Gasteiger partial charge in [0, 0.05) is 0 Å². The van der Waals surface area contributed by atoms with Gasteiger partial charge in [-0.1, -0.05) is 94.0 Å². The van der Waals surface area contributed by atoms with Crippen LogP contribution in [0.5, 0.6) is 0 Å². The van der Waals surface area contributed by atoms with E-state index >= 15 is 0 Å². The molecule has 0 saturated heterocycles. The second-order valence-corrected chi connectivity index (χ2v) is 11.7. The van der Waals surface area contributed by atoms with Gasteiger partial charge in [0.2, 0.25) is 0 Å². The maximum Gasteiger partial charge on any atom is 0.0939 e. The Morgan fingerprint density at radius 2 is 1.74 bits per heavy atom. The highest BCUT2D eigenvalue weighted by Gasteiger charge is 2.36. The van der Waals surface area contributed by atoms with E-state index in [0.717, 1.165) is 0 Å². The van der Waals surface area contributed by atoms with E-state index in [9.17, 15) is 0 Å². The highest BCUT2D eigenvalue weighted by molar-refractivity contribution is 6.92. The van der Waals surface area contributed by atoms with Crippen molar-refractivity contribution in [3.8, 4) is 0 Å². The van der Waals surface area contributed by atoms with Crippen molar-refractivity contribution in [2.75, 3.05) is 0 Å². The molecule has 2 atom stereocenters. The number of hydrogen-bond acceptors (Lipinski definition) is 0. The van der Waals surface area contributed by atoms with Crippen molar-refractivity contribution in [2.24, 2.45) is 5.41 Å². The average Bonchev–Trinajstić information content (AvgIpc) is 2.89. The first kappa shape index (κ1) is 14.3. The Balaban J connectivity index is 2.35. The smallest absolute Gasteiger partial charge is 0.0797 e. The summed E-state index contributed by atoms with van der Waals surface area (Å²) in [5.74, 6) is 0. The summed E-state index contributed by atoms with van der Waals surface area (Å²) >= 11 is 0. The molecule has 1 aliphatic carbocycles. The van der Waals surface area contributed by atoms with E-state index in [2.05, 4.69) is 82.8 Å². The zero-order chi connectivity index (χ0) is 14.1. The van der Waals surface area contributed by atoms with Gasteiger partial charge in [-0.3, -0.25) is 0 Å². The van der Waals surface area contributed by atoms with Crippen molar-refractivity contribution in [1.82, 2.24) is 0 Å². The molecule has 0 aliphatic heterocycles. The Hall–Kier alpha value is -1.08. The fourth-order valence-corrected chi connectivity index (χ4v) is 6.15. The first-order valence-corrected chi connectivity index (χ1v) is 10.1. The lowest BCUT2D eigenvalue weighted by molar-refractivity contribution is 0.518. The molecular formula is C18H26Si. The summed E-state index contributed by atoms with van der Waals surface area (Å²) in [5.41, 5.74) is 2.42. The fourth-order valence-electron chi connectivity index (χ4n) is 2.86. The average molecular weight is 270 g/mol. The maximum absolute atomic E-state index is 2.53. The molecule has 0 bridgehead atoms. The van der Waals surface area contributed by atoms with Crippen molar-refractivity contribution in [1.29, 1.82) is 0 Å². The quantitative estimate of drug-likeness (QED) is 0.685. The first-order valence-electron chi connectivity index (χ1n) is 7.34. The van der Waals surface area contributed by atoms with Crippen LogP contribution in [0.15, 0.2) is 54.1 Å². The van der Waals surface area contributed by atoms with E-state index in [-0.39, 0.29) is 5.41 Å². The molecule has 2 unspecified atom stereocenters. The first-order chi connectivity index (χ1) is 8.88. The van der Waals surface area contributed by atoms with Crippen LogP contribution in [-0.2, 0) is 0 Å². The lowest BCUT2D eigenvalue weighted by atomic mass is 9.87. The zero-order valence-electron chi connectivity index (χ0n) is 12.9. The van der Waals surface area contributed by atoms with Gasteiger partial charge in [0.1, 0.15) is 0 Å². The van der Waals surface area contributed by atoms with Crippen molar-refractivity contribution in [3.63, 3.8) is 0 Å². The lowest BCUT2D eigenvalue weighted by Crippen LogP contribution is -2.47. The molecule has 0 saturated carbocycles. The largest absolute Gasteiger partial charge is 0.0939 e. The van der Waals surface area contributed by atoms with Crippen molar-refractivity contribution in [3.05, 3.63) is 54.1 Å². The van der Waals surface area contributed by atoms with Crippen LogP contribution in [0.25, 0.3) is 0 Å². The minimum absolute atomic E-state index is 0.269. The summed E-state index contributed by atoms with van der Waals surface area (Å²) in [5, 5.41) is 1.58. The van der Waals surface area contributed by atoms with Gasteiger partial charge in [0.15, 0.2) is 0 Å². The third-order valence-corrected chi connectivity index (χ3v) is 9.56. The Morgan fingerprint density at radius 3 is 2.21 bits per heavy atom. The van der Waals surface area contributed by atoms with Crippen molar-refractivity contribution in [2.45, 2.75) is 45.8 Å². The van der Waals surface area contributed by atoms with E-state index < -0.39 is 8.07 Å². The molecular weight excluding hydrogens is 244 g/mol. The molecule has 0 aromatic heterocycles. The van der Waals surface area contributed by atoms with Crippen LogP contribution in [-0.4, -0.2) is 8.07 Å². The molecule has 1 aromatic rings. The van der Waals surface area contributed by atoms with Crippen LogP contribution < -0.4 is 5.19 Å². The van der Waals surface area contributed by atoms with Crippen molar-refractivity contribution >= 4 is 13.3 Å². The van der Waals surface area contributed by atoms with Gasteiger partial charge in [-0.05, 0) is 16.5 Å². The molecule has 1 heteroatoms. The van der Waals surface area contributed by atoms with Crippen LogP contribution in [0.2, 0.25) is 18.1 Å². The van der Waals surface area contributed by atoms with Crippen molar-refractivity contribution < 1.29 is 0 Å². The molecule has 19 heavy (non-hydrogen) atoms. The Labute approximate surface area is 119 Å². The molecule has 102 valence electrons. The molecule has 1 aliphatic rings. The monoisotopic (exact) mass is 270 g/mol. The molecule has 1 aromatic carbocycles. The Morgan fingerprint density at radius 1 is 1.11 bits per heavy atom. The van der Waals surface area contributed by atoms with Gasteiger partial charge < -0.3 is 0 Å². The van der Waals surface area contributed by atoms with Gasteiger partial charge in [-0.2, -0.15) is 0 Å². The predicted molar refractivity (Wildman–Crippen MR) is 88.6 cm³/mol. The number of allylic oxidation sites excluding steroid dienone is 4. The van der Waals surface area contributed by atoms with Gasteiger partial charge in [0.25, 0.3) is 0 Å². The summed E-state index contributed by atoms with van der Waals surface area (Å²) in [6, 6.07) is 12.4. The van der Waals surface area contributed by atoms with Gasteiger partial charge >= 0.3 is 0 Å². The molecule has 0 radical (unpaired) electrons. The van der Waals surface area contributed by atoms with Gasteiger partial charge in [-0.25, -0.2) is 0 Å². The molecule has 0 N–H and O–H groups in total. The summed E-state index contributed by atoms with van der Waals surface area (Å²) in [6.07, 6.45) is 7.33. The molecule has 0 heterocycles. The van der Waals surface area contributed by atoms with Crippen LogP contribution in [0.4, 0.5) is 0 Å². The fraction of sp³-hybridized carbons (Fsp3) is 0.444. The zero-order valence-corrected chi connectivity index (χ0v) is 13.9. The Kier molecular flexibility index (Phi) is 3.87. The second-order valence-electron chi connectivity index (χ2n) is 6.89. The molecule has 0 spiro atoms. The van der Waals surface area contributed by atoms with Crippen LogP contribution in [0.3, 0.4) is 0 Å². The highest BCUT2D eigenvalue weighted by atomic mass is 28.3. The number of hydrogen-bond donors (Lipinski definition) is 0. The lowest BCUT2D eigenvalue weighted by Gasteiger charge is -2.31. The summed E-state index contributed by atoms with van der Waals surface area (Å²) < 4.78 is 0. The minimum atomic E-state index is -1.45. The van der Waals surface area contributed by atoms with Gasteiger partial charge in [-0.15, -0.1) is 0 Å². The minimum Gasteiger partial charge on any atom is -0.0797 e. The van der Waals surface area contributed by atoms with E-state index in [0.29, 0.717) is 5.54 Å². The Bertz CT molecular complexity index is 490. The third-order valence-electron chi connectivity index (χ3n) is 4.61. The summed E-state index contributed by atoms with van der Waals surface area (Å²) in [6.45, 7) is 11.8. The van der Waals surface area contributed by atoms with E-state index in [4.69, 9.17) is 0 Å². The predicted octanol–water partition coefficient (Wildman–Crippen LogP) is 4.90. The van der Waals surface area contributed by atoms with Crippen LogP contribution in [0.1, 0.15) is 27.7 Å². The maximum atomic E-state index is 2.53. The highest BCUT2D eigenvalue weighted by Crippen LogP contribution is 2.39. The summed E-state index contributed by atoms with van der Waals surface area (Å²) in [4.78, 5) is 0. The molecule has 0 amide bonds. The topological polar surface area (TPSA) is 0 Å². The molecule has 0 fully saturated rings. The second kappa shape index (κ2) is 5.13. The van der Waals surface area contributed by atoms with E-state index in [1.807, 2.05) is 0 Å². The summed E-state index contributed by atoms with van der Waals surface area (Å²) in [7, 11) is -1.45. The SMILES string of the molecule is CC[Si](C)(c1ccccc1)C1C=CC(C(C)(C)C)=C1. The normalized spacial score (nSPS) is 22.2. The molecule has 0 nitrogen and oxygen atoms in total. The van der Waals surface area contributed by atoms with E-state index in [1.54, 1.807) is 5.19 Å². The molecule has 2 rings (SSSR count). The number of benzene rings is 1.